The van der Waals surface area contributed by atoms with Crippen molar-refractivity contribution in [1.82, 2.24) is 5.32 Å². The van der Waals surface area contributed by atoms with Gasteiger partial charge < -0.3 is 10.6 Å². The molecule has 86 valence electrons. The number of carbonyl (C=O) groups excluding carboxylic acids is 1. The fourth-order valence-corrected chi connectivity index (χ4v) is 2.05. The number of hydrogen-bond acceptors (Lipinski definition) is 2. The molecule has 0 bridgehead atoms. The summed E-state index contributed by atoms with van der Waals surface area (Å²) in [5.41, 5.74) is 0.881. The number of nitrogens with one attached hydrogen (secondary N) is 2. The fraction of sp³-hybridized carbons (Fsp3) is 0.462. The molecule has 1 aromatic rings. The van der Waals surface area contributed by atoms with Crippen LogP contribution < -0.4 is 10.6 Å². The van der Waals surface area contributed by atoms with Crippen molar-refractivity contribution in [2.45, 2.75) is 31.7 Å². The highest BCUT2D eigenvalue weighted by atomic mass is 16.1. The zero-order valence-corrected chi connectivity index (χ0v) is 9.41. The molecule has 2 rings (SSSR count). The molecular weight excluding hydrogens is 200 g/mol. The van der Waals surface area contributed by atoms with Crippen LogP contribution in [-0.2, 0) is 4.79 Å². The van der Waals surface area contributed by atoms with E-state index in [0.29, 0.717) is 12.5 Å². The van der Waals surface area contributed by atoms with E-state index in [1.807, 2.05) is 30.3 Å². The van der Waals surface area contributed by atoms with Crippen LogP contribution in [0.25, 0.3) is 0 Å². The van der Waals surface area contributed by atoms with Crippen LogP contribution in [0.4, 0.5) is 5.69 Å². The lowest BCUT2D eigenvalue weighted by molar-refractivity contribution is -0.116. The molecule has 0 aromatic heterocycles. The number of carbonyl (C=O) groups is 1. The highest BCUT2D eigenvalue weighted by molar-refractivity contribution is 5.90. The Morgan fingerprint density at radius 1 is 1.38 bits per heavy atom. The van der Waals surface area contributed by atoms with Crippen molar-refractivity contribution in [2.24, 2.45) is 0 Å². The van der Waals surface area contributed by atoms with E-state index in [4.69, 9.17) is 0 Å². The number of hydrogen-bond donors (Lipinski definition) is 2. The highest BCUT2D eigenvalue weighted by Crippen LogP contribution is 2.12. The van der Waals surface area contributed by atoms with Gasteiger partial charge in [0.15, 0.2) is 0 Å². The zero-order valence-electron chi connectivity index (χ0n) is 9.41. The first-order valence-corrected chi connectivity index (χ1v) is 5.93. The second kappa shape index (κ2) is 5.66. The predicted octanol–water partition coefficient (Wildman–Crippen LogP) is 2.16. The maximum atomic E-state index is 11.6. The Labute approximate surface area is 96.2 Å². The molecular formula is C13H18N2O. The summed E-state index contributed by atoms with van der Waals surface area (Å²) in [5, 5.41) is 6.29. The first-order chi connectivity index (χ1) is 7.84. The Morgan fingerprint density at radius 3 is 2.88 bits per heavy atom. The number of benzene rings is 1. The molecule has 1 saturated heterocycles. The molecule has 1 amide bonds. The van der Waals surface area contributed by atoms with Crippen molar-refractivity contribution in [3.05, 3.63) is 30.3 Å². The third-order valence-electron chi connectivity index (χ3n) is 2.94. The Hall–Kier alpha value is -1.35. The minimum Gasteiger partial charge on any atom is -0.326 e. The summed E-state index contributed by atoms with van der Waals surface area (Å²) in [6.07, 6.45) is 3.99. The summed E-state index contributed by atoms with van der Waals surface area (Å²) in [6, 6.07) is 10.2. The first-order valence-electron chi connectivity index (χ1n) is 5.93. The monoisotopic (exact) mass is 218 g/mol. The van der Waals surface area contributed by atoms with Gasteiger partial charge in [0, 0.05) is 18.2 Å². The van der Waals surface area contributed by atoms with Gasteiger partial charge in [0.25, 0.3) is 0 Å². The molecule has 1 fully saturated rings. The van der Waals surface area contributed by atoms with Crippen LogP contribution >= 0.6 is 0 Å². The van der Waals surface area contributed by atoms with E-state index in [9.17, 15) is 4.79 Å². The van der Waals surface area contributed by atoms with Gasteiger partial charge in [-0.25, -0.2) is 0 Å². The van der Waals surface area contributed by atoms with Gasteiger partial charge >= 0.3 is 0 Å². The molecule has 1 aliphatic heterocycles. The summed E-state index contributed by atoms with van der Waals surface area (Å²) in [6.45, 7) is 1.10. The predicted molar refractivity (Wildman–Crippen MR) is 65.3 cm³/mol. The van der Waals surface area contributed by atoms with Crippen LogP contribution in [0.15, 0.2) is 30.3 Å². The molecule has 16 heavy (non-hydrogen) atoms. The number of anilines is 1. The van der Waals surface area contributed by atoms with E-state index >= 15 is 0 Å². The van der Waals surface area contributed by atoms with Gasteiger partial charge in [0.05, 0.1) is 0 Å². The molecule has 0 saturated carbocycles. The molecule has 2 N–H and O–H groups in total. The van der Waals surface area contributed by atoms with Gasteiger partial charge in [0.1, 0.15) is 0 Å². The maximum Gasteiger partial charge on any atom is 0.224 e. The molecule has 0 radical (unpaired) electrons. The topological polar surface area (TPSA) is 41.1 Å². The first kappa shape index (κ1) is 11.1. The standard InChI is InChI=1S/C13H18N2O/c16-13(9-8-11-7-4-10-14-11)15-12-5-2-1-3-6-12/h1-3,5-6,11,14H,4,7-10H2,(H,15,16)/t11-/m1/s1. The van der Waals surface area contributed by atoms with E-state index in [1.165, 1.54) is 12.8 Å². The summed E-state index contributed by atoms with van der Waals surface area (Å²) in [7, 11) is 0. The molecule has 1 heterocycles. The third kappa shape index (κ3) is 3.35. The fourth-order valence-electron chi connectivity index (χ4n) is 2.05. The molecule has 0 aliphatic carbocycles. The van der Waals surface area contributed by atoms with E-state index in [-0.39, 0.29) is 5.91 Å². The van der Waals surface area contributed by atoms with Gasteiger partial charge in [-0.1, -0.05) is 18.2 Å². The molecule has 3 nitrogen and oxygen atoms in total. The lowest BCUT2D eigenvalue weighted by Gasteiger charge is -2.09. The number of rotatable bonds is 4. The minimum atomic E-state index is 0.111. The highest BCUT2D eigenvalue weighted by Gasteiger charge is 2.15. The average Bonchev–Trinajstić information content (AvgIpc) is 2.81. The molecule has 1 atom stereocenters. The lowest BCUT2D eigenvalue weighted by Crippen LogP contribution is -2.23. The summed E-state index contributed by atoms with van der Waals surface area (Å²) in [4.78, 5) is 11.6. The van der Waals surface area contributed by atoms with Crippen LogP contribution in [0, 0.1) is 0 Å². The van der Waals surface area contributed by atoms with Crippen molar-refractivity contribution < 1.29 is 4.79 Å². The van der Waals surface area contributed by atoms with E-state index in [1.54, 1.807) is 0 Å². The average molecular weight is 218 g/mol. The van der Waals surface area contributed by atoms with Gasteiger partial charge in [-0.2, -0.15) is 0 Å². The summed E-state index contributed by atoms with van der Waals surface area (Å²) in [5.74, 6) is 0.111. The van der Waals surface area contributed by atoms with Crippen molar-refractivity contribution in [2.75, 3.05) is 11.9 Å². The quantitative estimate of drug-likeness (QED) is 0.813. The Morgan fingerprint density at radius 2 is 2.19 bits per heavy atom. The van der Waals surface area contributed by atoms with Gasteiger partial charge in [-0.3, -0.25) is 4.79 Å². The molecule has 0 unspecified atom stereocenters. The second-order valence-corrected chi connectivity index (χ2v) is 4.25. The Balaban J connectivity index is 1.72. The maximum absolute atomic E-state index is 11.6. The molecule has 1 aromatic carbocycles. The van der Waals surface area contributed by atoms with E-state index < -0.39 is 0 Å². The van der Waals surface area contributed by atoms with Crippen LogP contribution in [0.3, 0.4) is 0 Å². The lowest BCUT2D eigenvalue weighted by atomic mass is 10.1. The number of amides is 1. The second-order valence-electron chi connectivity index (χ2n) is 4.25. The third-order valence-corrected chi connectivity index (χ3v) is 2.94. The van der Waals surface area contributed by atoms with Crippen LogP contribution in [0.5, 0.6) is 0 Å². The minimum absolute atomic E-state index is 0.111. The Bertz CT molecular complexity index is 331. The SMILES string of the molecule is O=C(CC[C@H]1CCCN1)Nc1ccccc1. The van der Waals surface area contributed by atoms with Crippen molar-refractivity contribution in [1.29, 1.82) is 0 Å². The van der Waals surface area contributed by atoms with E-state index in [0.717, 1.165) is 18.7 Å². The molecule has 3 heteroatoms. The van der Waals surface area contributed by atoms with Crippen LogP contribution in [0.1, 0.15) is 25.7 Å². The smallest absolute Gasteiger partial charge is 0.224 e. The van der Waals surface area contributed by atoms with Crippen molar-refractivity contribution >= 4 is 11.6 Å². The number of para-hydroxylation sites is 1. The summed E-state index contributed by atoms with van der Waals surface area (Å²) < 4.78 is 0. The van der Waals surface area contributed by atoms with Crippen LogP contribution in [0.2, 0.25) is 0 Å². The van der Waals surface area contributed by atoms with Crippen LogP contribution in [-0.4, -0.2) is 18.5 Å². The molecule has 1 aliphatic rings. The van der Waals surface area contributed by atoms with Crippen molar-refractivity contribution in [3.8, 4) is 0 Å². The Kier molecular flexibility index (Phi) is 3.94. The zero-order chi connectivity index (χ0) is 11.2. The normalized spacial score (nSPS) is 19.6. The largest absolute Gasteiger partial charge is 0.326 e. The summed E-state index contributed by atoms with van der Waals surface area (Å²) >= 11 is 0. The van der Waals surface area contributed by atoms with Gasteiger partial charge in [-0.05, 0) is 37.9 Å². The van der Waals surface area contributed by atoms with Crippen molar-refractivity contribution in [3.63, 3.8) is 0 Å². The van der Waals surface area contributed by atoms with E-state index in [2.05, 4.69) is 10.6 Å². The van der Waals surface area contributed by atoms with Gasteiger partial charge in [-0.15, -0.1) is 0 Å². The molecule has 0 spiro atoms. The van der Waals surface area contributed by atoms with Gasteiger partial charge in [0.2, 0.25) is 5.91 Å².